The number of nitro groups is 1. The van der Waals surface area contributed by atoms with Crippen LogP contribution in [0.5, 0.6) is 0 Å². The quantitative estimate of drug-likeness (QED) is 0.515. The number of likely N-dealkylation sites (tertiary alicyclic amines) is 1. The lowest BCUT2D eigenvalue weighted by molar-refractivity contribution is -0.384. The van der Waals surface area contributed by atoms with Crippen molar-refractivity contribution in [3.63, 3.8) is 0 Å². The highest BCUT2D eigenvalue weighted by Gasteiger charge is 2.30. The van der Waals surface area contributed by atoms with Gasteiger partial charge in [-0.3, -0.25) is 10.1 Å². The lowest BCUT2D eigenvalue weighted by Crippen LogP contribution is -2.42. The minimum absolute atomic E-state index is 0.0827. The molecule has 2 saturated heterocycles. The van der Waals surface area contributed by atoms with Crippen LogP contribution in [0.25, 0.3) is 0 Å². The third kappa shape index (κ3) is 4.73. The highest BCUT2D eigenvalue weighted by Crippen LogP contribution is 2.28. The average molecular weight is 380 g/mol. The first kappa shape index (κ1) is 19.1. The Morgan fingerprint density at radius 2 is 2.07 bits per heavy atom. The summed E-state index contributed by atoms with van der Waals surface area (Å²) in [4.78, 5) is 31.6. The van der Waals surface area contributed by atoms with Gasteiger partial charge < -0.3 is 25.4 Å². The van der Waals surface area contributed by atoms with Gasteiger partial charge in [0.15, 0.2) is 0 Å². The van der Waals surface area contributed by atoms with Crippen LogP contribution in [0, 0.1) is 10.1 Å². The van der Waals surface area contributed by atoms with Gasteiger partial charge in [-0.1, -0.05) is 0 Å². The fourth-order valence-electron chi connectivity index (χ4n) is 3.30. The standard InChI is InChI=1S/C16H24N6O5/c1-16(4-8-27-9-5-16)20-14-17-10-12(22(25)26)13(19-14)18-11-2-6-21(7-3-11)15(23)24/h10-11H,2-9H2,1H3,(H,23,24)(H2,17,18,19,20). The molecule has 3 N–H and O–H groups in total. The van der Waals surface area contributed by atoms with Crippen molar-refractivity contribution in [1.82, 2.24) is 14.9 Å². The third-order valence-corrected chi connectivity index (χ3v) is 5.08. The smallest absolute Gasteiger partial charge is 0.407 e. The Morgan fingerprint density at radius 1 is 1.41 bits per heavy atom. The number of aromatic nitrogens is 2. The van der Waals surface area contributed by atoms with Gasteiger partial charge in [-0.2, -0.15) is 4.98 Å². The van der Waals surface area contributed by atoms with Crippen LogP contribution in [0.1, 0.15) is 32.6 Å². The zero-order valence-electron chi connectivity index (χ0n) is 15.2. The topological polar surface area (TPSA) is 143 Å². The largest absolute Gasteiger partial charge is 0.465 e. The number of hydrogen-bond donors (Lipinski definition) is 3. The molecule has 1 amide bonds. The van der Waals surface area contributed by atoms with E-state index in [0.717, 1.165) is 12.8 Å². The number of anilines is 2. The molecule has 0 saturated carbocycles. The van der Waals surface area contributed by atoms with Gasteiger partial charge in [-0.05, 0) is 32.6 Å². The van der Waals surface area contributed by atoms with Crippen LogP contribution in [-0.2, 0) is 4.74 Å². The maximum Gasteiger partial charge on any atom is 0.407 e. The lowest BCUT2D eigenvalue weighted by Gasteiger charge is -2.34. The zero-order valence-corrected chi connectivity index (χ0v) is 15.2. The molecule has 0 atom stereocenters. The van der Waals surface area contributed by atoms with E-state index in [1.165, 1.54) is 11.1 Å². The molecule has 0 bridgehead atoms. The van der Waals surface area contributed by atoms with E-state index in [4.69, 9.17) is 9.84 Å². The summed E-state index contributed by atoms with van der Waals surface area (Å²) in [6, 6.07) is -0.0827. The fourth-order valence-corrected chi connectivity index (χ4v) is 3.30. The highest BCUT2D eigenvalue weighted by molar-refractivity contribution is 5.65. The van der Waals surface area contributed by atoms with E-state index in [0.29, 0.717) is 45.1 Å². The number of hydrogen-bond acceptors (Lipinski definition) is 8. The van der Waals surface area contributed by atoms with Crippen molar-refractivity contribution in [3.05, 3.63) is 16.3 Å². The van der Waals surface area contributed by atoms with Crippen LogP contribution in [-0.4, -0.2) is 68.9 Å². The van der Waals surface area contributed by atoms with Gasteiger partial charge in [0.05, 0.1) is 4.92 Å². The Labute approximate surface area is 156 Å². The molecule has 2 aliphatic heterocycles. The summed E-state index contributed by atoms with van der Waals surface area (Å²) in [5.74, 6) is 0.484. The maximum absolute atomic E-state index is 11.3. The number of nitrogens with zero attached hydrogens (tertiary/aromatic N) is 4. The molecular weight excluding hydrogens is 356 g/mol. The summed E-state index contributed by atoms with van der Waals surface area (Å²) in [5.41, 5.74) is -0.420. The van der Waals surface area contributed by atoms with Crippen LogP contribution in [0.15, 0.2) is 6.20 Å². The van der Waals surface area contributed by atoms with Gasteiger partial charge >= 0.3 is 11.8 Å². The third-order valence-electron chi connectivity index (χ3n) is 5.08. The molecule has 2 fully saturated rings. The molecule has 0 aromatic carbocycles. The number of piperidine rings is 1. The van der Waals surface area contributed by atoms with E-state index in [2.05, 4.69) is 27.5 Å². The molecule has 1 aromatic rings. The normalized spacial score (nSPS) is 20.1. The van der Waals surface area contributed by atoms with Crippen molar-refractivity contribution in [2.75, 3.05) is 36.9 Å². The Morgan fingerprint density at radius 3 is 2.67 bits per heavy atom. The SMILES string of the molecule is CC1(Nc2ncc([N+](=O)[O-])c(NC3CCN(C(=O)O)CC3)n2)CCOCC1. The van der Waals surface area contributed by atoms with E-state index in [9.17, 15) is 14.9 Å². The molecule has 27 heavy (non-hydrogen) atoms. The van der Waals surface area contributed by atoms with E-state index in [-0.39, 0.29) is 23.1 Å². The molecule has 11 nitrogen and oxygen atoms in total. The fraction of sp³-hybridized carbons (Fsp3) is 0.688. The van der Waals surface area contributed by atoms with E-state index in [1.54, 1.807) is 0 Å². The predicted molar refractivity (Wildman–Crippen MR) is 97.0 cm³/mol. The van der Waals surface area contributed by atoms with Gasteiger partial charge in [-0.15, -0.1) is 0 Å². The summed E-state index contributed by atoms with van der Waals surface area (Å²) in [6.07, 6.45) is 2.97. The van der Waals surface area contributed by atoms with E-state index in [1.807, 2.05) is 0 Å². The number of rotatable bonds is 5. The molecule has 0 radical (unpaired) electrons. The maximum atomic E-state index is 11.3. The van der Waals surface area contributed by atoms with Gasteiger partial charge in [0.25, 0.3) is 0 Å². The van der Waals surface area contributed by atoms with Crippen molar-refractivity contribution in [3.8, 4) is 0 Å². The van der Waals surface area contributed by atoms with Gasteiger partial charge in [0.1, 0.15) is 6.20 Å². The second-order valence-corrected chi connectivity index (χ2v) is 7.17. The molecular formula is C16H24N6O5. The molecule has 0 unspecified atom stereocenters. The van der Waals surface area contributed by atoms with Crippen LogP contribution in [0.3, 0.4) is 0 Å². The number of nitrogens with one attached hydrogen (secondary N) is 2. The van der Waals surface area contributed by atoms with Crippen LogP contribution < -0.4 is 10.6 Å². The number of amides is 1. The summed E-state index contributed by atoms with van der Waals surface area (Å²) < 4.78 is 5.37. The first-order valence-electron chi connectivity index (χ1n) is 8.98. The van der Waals surface area contributed by atoms with Crippen LogP contribution in [0.2, 0.25) is 0 Å². The molecule has 0 spiro atoms. The van der Waals surface area contributed by atoms with Crippen molar-refractivity contribution >= 4 is 23.5 Å². The van der Waals surface area contributed by atoms with Gasteiger partial charge in [0.2, 0.25) is 11.8 Å². The molecule has 148 valence electrons. The van der Waals surface area contributed by atoms with E-state index >= 15 is 0 Å². The second kappa shape index (κ2) is 7.91. The minimum Gasteiger partial charge on any atom is -0.465 e. The predicted octanol–water partition coefficient (Wildman–Crippen LogP) is 1.92. The Hall–Kier alpha value is -2.69. The monoisotopic (exact) mass is 380 g/mol. The second-order valence-electron chi connectivity index (χ2n) is 7.17. The summed E-state index contributed by atoms with van der Waals surface area (Å²) >= 11 is 0. The van der Waals surface area contributed by atoms with Crippen molar-refractivity contribution in [1.29, 1.82) is 0 Å². The minimum atomic E-state index is -0.947. The molecule has 2 aliphatic rings. The number of carbonyl (C=O) groups is 1. The summed E-state index contributed by atoms with van der Waals surface area (Å²) in [6.45, 7) is 4.10. The van der Waals surface area contributed by atoms with Gasteiger partial charge in [-0.25, -0.2) is 9.78 Å². The highest BCUT2D eigenvalue weighted by atomic mass is 16.6. The molecule has 11 heteroatoms. The zero-order chi connectivity index (χ0) is 19.4. The average Bonchev–Trinajstić information content (AvgIpc) is 2.62. The first-order chi connectivity index (χ1) is 12.9. The van der Waals surface area contributed by atoms with Crippen LogP contribution >= 0.6 is 0 Å². The Bertz CT molecular complexity index is 701. The lowest BCUT2D eigenvalue weighted by atomic mass is 9.93. The van der Waals surface area contributed by atoms with Crippen molar-refractivity contribution < 1.29 is 19.6 Å². The summed E-state index contributed by atoms with van der Waals surface area (Å²) in [7, 11) is 0. The first-order valence-corrected chi connectivity index (χ1v) is 8.98. The molecule has 3 rings (SSSR count). The number of carboxylic acid groups (broad SMARTS) is 1. The van der Waals surface area contributed by atoms with Crippen LogP contribution in [0.4, 0.5) is 22.2 Å². The summed E-state index contributed by atoms with van der Waals surface area (Å²) in [5, 5.41) is 26.7. The molecule has 1 aromatic heterocycles. The molecule has 3 heterocycles. The van der Waals surface area contributed by atoms with Crippen molar-refractivity contribution in [2.45, 2.75) is 44.2 Å². The van der Waals surface area contributed by atoms with E-state index < -0.39 is 11.0 Å². The Balaban J connectivity index is 1.72. The van der Waals surface area contributed by atoms with Crippen molar-refractivity contribution in [2.24, 2.45) is 0 Å². The Kier molecular flexibility index (Phi) is 5.59. The molecule has 0 aliphatic carbocycles. The van der Waals surface area contributed by atoms with Gasteiger partial charge in [0, 0.05) is 37.9 Å². The number of ether oxygens (including phenoxy) is 1.